The van der Waals surface area contributed by atoms with Gasteiger partial charge in [-0.1, -0.05) is 6.07 Å². The molecule has 0 saturated heterocycles. The van der Waals surface area contributed by atoms with Crippen LogP contribution in [0.1, 0.15) is 36.3 Å². The Kier molecular flexibility index (Phi) is 3.80. The van der Waals surface area contributed by atoms with E-state index in [2.05, 4.69) is 6.07 Å². The summed E-state index contributed by atoms with van der Waals surface area (Å²) in [6.07, 6.45) is 2.82. The van der Waals surface area contributed by atoms with Crippen LogP contribution >= 0.6 is 0 Å². The van der Waals surface area contributed by atoms with Crippen molar-refractivity contribution in [1.82, 2.24) is 0 Å². The maximum absolute atomic E-state index is 11.8. The van der Waals surface area contributed by atoms with Crippen LogP contribution in [0.15, 0.2) is 18.2 Å². The molecule has 3 heteroatoms. The highest BCUT2D eigenvalue weighted by Crippen LogP contribution is 2.35. The summed E-state index contributed by atoms with van der Waals surface area (Å²) in [5.41, 5.74) is 2.28. The zero-order valence-electron chi connectivity index (χ0n) is 10.8. The highest BCUT2D eigenvalue weighted by atomic mass is 16.5. The molecule has 1 aliphatic carbocycles. The lowest BCUT2D eigenvalue weighted by molar-refractivity contribution is -0.129. The van der Waals surface area contributed by atoms with Crippen LogP contribution in [0.25, 0.3) is 0 Å². The van der Waals surface area contributed by atoms with Crippen molar-refractivity contribution in [2.75, 3.05) is 7.11 Å². The van der Waals surface area contributed by atoms with Crippen LogP contribution < -0.4 is 4.74 Å². The molecule has 0 aromatic heterocycles. The molecule has 1 aliphatic rings. The number of methoxy groups -OCH3 is 1. The van der Waals surface area contributed by atoms with E-state index in [0.29, 0.717) is 12.8 Å². The Balaban J connectivity index is 2.20. The van der Waals surface area contributed by atoms with Crippen LogP contribution in [0.4, 0.5) is 0 Å². The van der Waals surface area contributed by atoms with E-state index in [1.54, 1.807) is 7.11 Å². The van der Waals surface area contributed by atoms with E-state index < -0.39 is 0 Å². The summed E-state index contributed by atoms with van der Waals surface area (Å²) in [7, 11) is 1.65. The molecule has 1 fully saturated rings. The van der Waals surface area contributed by atoms with Gasteiger partial charge in [0.1, 0.15) is 17.8 Å². The summed E-state index contributed by atoms with van der Waals surface area (Å²) < 4.78 is 5.25. The van der Waals surface area contributed by atoms with Crippen LogP contribution in [-0.4, -0.2) is 19.2 Å². The predicted molar refractivity (Wildman–Crippen MR) is 68.9 cm³/mol. The lowest BCUT2D eigenvalue weighted by Gasteiger charge is -2.25. The van der Waals surface area contributed by atoms with E-state index in [1.807, 2.05) is 19.1 Å². The smallest absolute Gasteiger partial charge is 0.143 e. The molecular weight excluding hydrogens is 228 g/mol. The highest BCUT2D eigenvalue weighted by molar-refractivity contribution is 5.94. The molecule has 96 valence electrons. The van der Waals surface area contributed by atoms with Crippen LogP contribution in [0.5, 0.6) is 5.75 Å². The minimum Gasteiger partial charge on any atom is -0.497 e. The van der Waals surface area contributed by atoms with E-state index in [4.69, 9.17) is 4.74 Å². The van der Waals surface area contributed by atoms with Crippen molar-refractivity contribution >= 4 is 12.1 Å². The Hall–Kier alpha value is -1.64. The van der Waals surface area contributed by atoms with Crippen LogP contribution in [0.2, 0.25) is 0 Å². The van der Waals surface area contributed by atoms with Gasteiger partial charge >= 0.3 is 0 Å². The van der Waals surface area contributed by atoms with Crippen molar-refractivity contribution < 1.29 is 14.3 Å². The summed E-state index contributed by atoms with van der Waals surface area (Å²) in [5.74, 6) is 0.743. The van der Waals surface area contributed by atoms with E-state index in [9.17, 15) is 9.59 Å². The maximum atomic E-state index is 11.8. The van der Waals surface area contributed by atoms with Gasteiger partial charge < -0.3 is 9.53 Å². The monoisotopic (exact) mass is 246 g/mol. The molecule has 0 aliphatic heterocycles. The fourth-order valence-corrected chi connectivity index (χ4v) is 2.60. The quantitative estimate of drug-likeness (QED) is 0.608. The van der Waals surface area contributed by atoms with Crippen molar-refractivity contribution in [2.45, 2.75) is 32.1 Å². The summed E-state index contributed by atoms with van der Waals surface area (Å²) in [5, 5.41) is 0. The third-order valence-corrected chi connectivity index (χ3v) is 3.63. The molecule has 18 heavy (non-hydrogen) atoms. The Labute approximate surface area is 107 Å². The summed E-state index contributed by atoms with van der Waals surface area (Å²) in [6.45, 7) is 2.02. The Bertz CT molecular complexity index is 465. The molecule has 2 unspecified atom stereocenters. The number of carbonyl (C=O) groups excluding carboxylic acids is 2. The van der Waals surface area contributed by atoms with Gasteiger partial charge in [0.25, 0.3) is 0 Å². The van der Waals surface area contributed by atoms with Gasteiger partial charge in [-0.2, -0.15) is 0 Å². The number of benzene rings is 1. The maximum Gasteiger partial charge on any atom is 0.143 e. The minimum atomic E-state index is -0.382. The zero-order chi connectivity index (χ0) is 13.1. The van der Waals surface area contributed by atoms with Crippen molar-refractivity contribution in [2.24, 2.45) is 5.92 Å². The molecule has 1 aromatic carbocycles. The lowest BCUT2D eigenvalue weighted by atomic mass is 9.78. The highest BCUT2D eigenvalue weighted by Gasteiger charge is 2.29. The topological polar surface area (TPSA) is 43.4 Å². The van der Waals surface area contributed by atoms with Gasteiger partial charge in [-0.3, -0.25) is 4.79 Å². The second-order valence-corrected chi connectivity index (χ2v) is 4.97. The van der Waals surface area contributed by atoms with Gasteiger partial charge in [0.2, 0.25) is 0 Å². The molecule has 0 radical (unpaired) electrons. The number of rotatable bonds is 3. The normalized spacial score (nSPS) is 23.8. The fourth-order valence-electron chi connectivity index (χ4n) is 2.60. The second-order valence-electron chi connectivity index (χ2n) is 4.97. The van der Waals surface area contributed by atoms with Gasteiger partial charge in [0, 0.05) is 6.42 Å². The standard InChI is InChI=1S/C15H18O3/c1-10-5-13(7-14(6-10)18-2)11-3-4-12(9-16)15(17)8-11/h5-7,9,11-12H,3-4,8H2,1-2H3. The van der Waals surface area contributed by atoms with E-state index in [0.717, 1.165) is 29.6 Å². The number of ether oxygens (including phenoxy) is 1. The van der Waals surface area contributed by atoms with Crippen molar-refractivity contribution in [3.05, 3.63) is 29.3 Å². The predicted octanol–water partition coefficient (Wildman–Crippen LogP) is 2.66. The molecule has 2 rings (SSSR count). The zero-order valence-corrected chi connectivity index (χ0v) is 10.8. The van der Waals surface area contributed by atoms with E-state index >= 15 is 0 Å². The number of ketones is 1. The first kappa shape index (κ1) is 12.8. The van der Waals surface area contributed by atoms with Gasteiger partial charge in [-0.25, -0.2) is 0 Å². The van der Waals surface area contributed by atoms with Crippen molar-refractivity contribution in [1.29, 1.82) is 0 Å². The molecule has 0 bridgehead atoms. The number of aldehydes is 1. The molecule has 0 heterocycles. The van der Waals surface area contributed by atoms with Crippen LogP contribution in [0.3, 0.4) is 0 Å². The third kappa shape index (κ3) is 2.61. The Morgan fingerprint density at radius 2 is 2.06 bits per heavy atom. The minimum absolute atomic E-state index is 0.0710. The SMILES string of the molecule is COc1cc(C)cc(C2CCC(C=O)C(=O)C2)c1. The molecule has 2 atom stereocenters. The molecule has 0 N–H and O–H groups in total. The first-order valence-electron chi connectivity index (χ1n) is 6.27. The molecule has 1 aromatic rings. The number of Topliss-reactive ketones (excluding diaryl/α,β-unsaturated/α-hetero) is 1. The van der Waals surface area contributed by atoms with Crippen molar-refractivity contribution in [3.8, 4) is 5.75 Å². The van der Waals surface area contributed by atoms with Gasteiger partial charge in [-0.15, -0.1) is 0 Å². The first-order valence-corrected chi connectivity index (χ1v) is 6.27. The van der Waals surface area contributed by atoms with Gasteiger partial charge in [-0.05, 0) is 48.9 Å². The van der Waals surface area contributed by atoms with Crippen LogP contribution in [-0.2, 0) is 9.59 Å². The van der Waals surface area contributed by atoms with E-state index in [1.165, 1.54) is 0 Å². The third-order valence-electron chi connectivity index (χ3n) is 3.63. The van der Waals surface area contributed by atoms with Gasteiger partial charge in [0.15, 0.2) is 0 Å². The van der Waals surface area contributed by atoms with Crippen LogP contribution in [0, 0.1) is 12.8 Å². The fraction of sp³-hybridized carbons (Fsp3) is 0.467. The summed E-state index contributed by atoms with van der Waals surface area (Å²) in [6, 6.07) is 6.07. The summed E-state index contributed by atoms with van der Waals surface area (Å²) >= 11 is 0. The Morgan fingerprint density at radius 3 is 2.67 bits per heavy atom. The molecule has 1 saturated carbocycles. The van der Waals surface area contributed by atoms with Gasteiger partial charge in [0.05, 0.1) is 13.0 Å². The average Bonchev–Trinajstić information content (AvgIpc) is 2.37. The second kappa shape index (κ2) is 5.34. The number of carbonyl (C=O) groups is 2. The Morgan fingerprint density at radius 1 is 1.28 bits per heavy atom. The average molecular weight is 246 g/mol. The lowest BCUT2D eigenvalue weighted by Crippen LogP contribution is -2.24. The number of hydrogen-bond acceptors (Lipinski definition) is 3. The molecule has 0 amide bonds. The first-order chi connectivity index (χ1) is 8.63. The van der Waals surface area contributed by atoms with Crippen molar-refractivity contribution in [3.63, 3.8) is 0 Å². The molecular formula is C15H18O3. The largest absolute Gasteiger partial charge is 0.497 e. The molecule has 0 spiro atoms. The van der Waals surface area contributed by atoms with E-state index in [-0.39, 0.29) is 17.6 Å². The summed E-state index contributed by atoms with van der Waals surface area (Å²) in [4.78, 5) is 22.5. The number of aryl methyl sites for hydroxylation is 1. The number of hydrogen-bond donors (Lipinski definition) is 0. The molecule has 3 nitrogen and oxygen atoms in total.